The van der Waals surface area contributed by atoms with Crippen molar-refractivity contribution in [3.8, 4) is 0 Å². The second kappa shape index (κ2) is 7.31. The lowest BCUT2D eigenvalue weighted by atomic mass is 10.1. The van der Waals surface area contributed by atoms with Crippen molar-refractivity contribution < 1.29 is 13.2 Å². The number of nitrogens with zero attached hydrogens (tertiary/aromatic N) is 1. The van der Waals surface area contributed by atoms with Crippen LogP contribution in [0.1, 0.15) is 23.5 Å². The summed E-state index contributed by atoms with van der Waals surface area (Å²) in [4.78, 5) is 5.51. The van der Waals surface area contributed by atoms with E-state index in [0.29, 0.717) is 39.5 Å². The third kappa shape index (κ3) is 4.13. The summed E-state index contributed by atoms with van der Waals surface area (Å²) in [5, 5.41) is 5.67. The Morgan fingerprint density at radius 3 is 2.96 bits per heavy atom. The van der Waals surface area contributed by atoms with Crippen molar-refractivity contribution in [3.05, 3.63) is 43.8 Å². The van der Waals surface area contributed by atoms with Crippen molar-refractivity contribution in [2.45, 2.75) is 37.8 Å². The molecular formula is C18H17BrClF2N3OS. The van der Waals surface area contributed by atoms with E-state index in [0.717, 1.165) is 5.69 Å². The predicted octanol–water partition coefficient (Wildman–Crippen LogP) is 5.83. The molecule has 3 aromatic rings. The minimum atomic E-state index is -2.56. The second-order valence-electron chi connectivity index (χ2n) is 6.80. The van der Waals surface area contributed by atoms with Crippen molar-refractivity contribution in [2.24, 2.45) is 11.7 Å². The van der Waals surface area contributed by atoms with E-state index in [4.69, 9.17) is 21.8 Å². The quantitative estimate of drug-likeness (QED) is 0.421. The number of thiophene rings is 1. The van der Waals surface area contributed by atoms with Crippen LogP contribution in [0.4, 0.5) is 14.5 Å². The molecule has 4 rings (SSSR count). The first-order valence-corrected chi connectivity index (χ1v) is 10.6. The Hall–Kier alpha value is -1.22. The lowest BCUT2D eigenvalue weighted by Gasteiger charge is -2.09. The van der Waals surface area contributed by atoms with Crippen molar-refractivity contribution in [1.82, 2.24) is 4.98 Å². The highest BCUT2D eigenvalue weighted by Gasteiger charge is 2.56. The summed E-state index contributed by atoms with van der Waals surface area (Å²) < 4.78 is 32.9. The fraction of sp³-hybridized carbons (Fsp3) is 0.389. The number of fused-ring (bicyclic) bond motifs is 1. The molecule has 0 unspecified atom stereocenters. The number of hydrogen-bond donors (Lipinski definition) is 2. The van der Waals surface area contributed by atoms with Crippen molar-refractivity contribution in [3.63, 3.8) is 0 Å². The van der Waals surface area contributed by atoms with Gasteiger partial charge in [0.2, 0.25) is 0 Å². The van der Waals surface area contributed by atoms with Crippen LogP contribution < -0.4 is 11.1 Å². The Bertz CT molecular complexity index is 963. The fourth-order valence-electron chi connectivity index (χ4n) is 3.12. The molecule has 1 fully saturated rings. The smallest absolute Gasteiger partial charge is 0.251 e. The largest absolute Gasteiger partial charge is 0.456 e. The maximum atomic E-state index is 13.1. The molecule has 0 spiro atoms. The van der Waals surface area contributed by atoms with Gasteiger partial charge >= 0.3 is 0 Å². The summed E-state index contributed by atoms with van der Waals surface area (Å²) in [5.74, 6) is -2.59. The van der Waals surface area contributed by atoms with Gasteiger partial charge in [0, 0.05) is 42.3 Å². The van der Waals surface area contributed by atoms with Gasteiger partial charge in [-0.05, 0) is 33.8 Å². The average Bonchev–Trinajstić information content (AvgIpc) is 2.97. The number of rotatable bonds is 7. The number of alkyl halides is 2. The van der Waals surface area contributed by atoms with Gasteiger partial charge in [0.1, 0.15) is 16.4 Å². The minimum Gasteiger partial charge on any atom is -0.456 e. The molecule has 27 heavy (non-hydrogen) atoms. The molecule has 4 nitrogen and oxygen atoms in total. The van der Waals surface area contributed by atoms with E-state index < -0.39 is 17.9 Å². The van der Waals surface area contributed by atoms with Gasteiger partial charge in [-0.2, -0.15) is 0 Å². The second-order valence-corrected chi connectivity index (χ2v) is 9.02. The number of furan rings is 1. The summed E-state index contributed by atoms with van der Waals surface area (Å²) in [6, 6.07) is 5.33. The summed E-state index contributed by atoms with van der Waals surface area (Å²) in [7, 11) is 0. The molecule has 0 radical (unpaired) electrons. The van der Waals surface area contributed by atoms with E-state index in [1.165, 1.54) is 4.88 Å². The molecule has 2 atom stereocenters. The number of halogens is 4. The molecule has 1 aliphatic carbocycles. The highest BCUT2D eigenvalue weighted by molar-refractivity contribution is 9.10. The van der Waals surface area contributed by atoms with Gasteiger partial charge < -0.3 is 15.5 Å². The number of pyridine rings is 1. The van der Waals surface area contributed by atoms with Crippen molar-refractivity contribution in [1.29, 1.82) is 0 Å². The summed E-state index contributed by atoms with van der Waals surface area (Å²) >= 11 is 11.3. The molecule has 3 aromatic heterocycles. The molecule has 0 aliphatic heterocycles. The van der Waals surface area contributed by atoms with Gasteiger partial charge in [-0.15, -0.1) is 11.3 Å². The zero-order chi connectivity index (χ0) is 19.2. The number of hydrogen-bond acceptors (Lipinski definition) is 5. The molecule has 1 saturated carbocycles. The molecule has 1 aliphatic rings. The fourth-order valence-corrected chi connectivity index (χ4v) is 4.47. The lowest BCUT2D eigenvalue weighted by Crippen LogP contribution is -2.24. The molecule has 9 heteroatoms. The first-order chi connectivity index (χ1) is 12.8. The Morgan fingerprint density at radius 2 is 2.30 bits per heavy atom. The highest BCUT2D eigenvalue weighted by Crippen LogP contribution is 2.51. The van der Waals surface area contributed by atoms with Crippen LogP contribution in [0.3, 0.4) is 0 Å². The van der Waals surface area contributed by atoms with Gasteiger partial charge in [-0.1, -0.05) is 17.7 Å². The normalized spacial score (nSPS) is 19.4. The van der Waals surface area contributed by atoms with Crippen LogP contribution in [-0.4, -0.2) is 16.9 Å². The lowest BCUT2D eigenvalue weighted by molar-refractivity contribution is 0.0953. The standard InChI is InChI=1S/C18H17BrClF2N3OS/c19-15-13(5-10(23)4-9-7-18(9,21)22)26-17-12(6-14(20)25-16(15)17)24-8-11-2-1-3-27-11/h1-3,6,9-10H,4-5,7-8,23H2,(H,24,25)/t9-,10-/m1/s1. The van der Waals surface area contributed by atoms with E-state index in [2.05, 4.69) is 26.2 Å². The Morgan fingerprint density at radius 1 is 1.52 bits per heavy atom. The zero-order valence-electron chi connectivity index (χ0n) is 14.1. The van der Waals surface area contributed by atoms with E-state index >= 15 is 0 Å². The van der Waals surface area contributed by atoms with Crippen molar-refractivity contribution in [2.75, 3.05) is 5.32 Å². The summed E-state index contributed by atoms with van der Waals surface area (Å²) in [5.41, 5.74) is 7.97. The van der Waals surface area contributed by atoms with Gasteiger partial charge in [0.25, 0.3) is 5.92 Å². The van der Waals surface area contributed by atoms with Crippen LogP contribution in [0.25, 0.3) is 11.1 Å². The van der Waals surface area contributed by atoms with E-state index in [1.54, 1.807) is 17.4 Å². The molecule has 0 bridgehead atoms. The van der Waals surface area contributed by atoms with Crippen LogP contribution in [0.15, 0.2) is 32.5 Å². The molecule has 3 N–H and O–H groups in total. The third-order valence-electron chi connectivity index (χ3n) is 4.64. The van der Waals surface area contributed by atoms with Crippen LogP contribution in [0.5, 0.6) is 0 Å². The van der Waals surface area contributed by atoms with Gasteiger partial charge in [0.05, 0.1) is 10.2 Å². The van der Waals surface area contributed by atoms with Crippen LogP contribution >= 0.6 is 38.9 Å². The molecule has 0 saturated heterocycles. The summed E-state index contributed by atoms with van der Waals surface area (Å²) in [6.07, 6.45) is 0.551. The maximum absolute atomic E-state index is 13.1. The summed E-state index contributed by atoms with van der Waals surface area (Å²) in [6.45, 7) is 0.636. The number of nitrogens with one attached hydrogen (secondary N) is 1. The van der Waals surface area contributed by atoms with Crippen molar-refractivity contribution >= 4 is 55.7 Å². The Labute approximate surface area is 172 Å². The van der Waals surface area contributed by atoms with E-state index in [-0.39, 0.29) is 12.8 Å². The molecular weight excluding hydrogens is 460 g/mol. The molecule has 144 valence electrons. The molecule has 0 amide bonds. The average molecular weight is 477 g/mol. The highest BCUT2D eigenvalue weighted by atomic mass is 79.9. The third-order valence-corrected chi connectivity index (χ3v) is 6.53. The maximum Gasteiger partial charge on any atom is 0.251 e. The molecule has 3 heterocycles. The topological polar surface area (TPSA) is 64.1 Å². The Balaban J connectivity index is 1.55. The van der Waals surface area contributed by atoms with Gasteiger partial charge in [0.15, 0.2) is 5.58 Å². The van der Waals surface area contributed by atoms with Gasteiger partial charge in [-0.3, -0.25) is 0 Å². The van der Waals surface area contributed by atoms with E-state index in [1.807, 2.05) is 17.5 Å². The number of aromatic nitrogens is 1. The zero-order valence-corrected chi connectivity index (χ0v) is 17.3. The monoisotopic (exact) mass is 475 g/mol. The van der Waals surface area contributed by atoms with Gasteiger partial charge in [-0.25, -0.2) is 13.8 Å². The first-order valence-electron chi connectivity index (χ1n) is 8.50. The number of anilines is 1. The number of nitrogens with two attached hydrogens (primary N) is 1. The van der Waals surface area contributed by atoms with E-state index in [9.17, 15) is 8.78 Å². The first kappa shape index (κ1) is 19.1. The predicted molar refractivity (Wildman–Crippen MR) is 108 cm³/mol. The van der Waals surface area contributed by atoms with Crippen LogP contribution in [-0.2, 0) is 13.0 Å². The Kier molecular flexibility index (Phi) is 5.18. The van der Waals surface area contributed by atoms with Crippen LogP contribution in [0.2, 0.25) is 5.15 Å². The minimum absolute atomic E-state index is 0.0735. The van der Waals surface area contributed by atoms with Crippen LogP contribution in [0, 0.1) is 5.92 Å². The molecule has 0 aromatic carbocycles. The SMILES string of the molecule is N[C@@H](Cc1oc2c(NCc3cccs3)cc(Cl)nc2c1Br)C[C@@H]1CC1(F)F.